The molecule has 0 fully saturated rings. The van der Waals surface area contributed by atoms with Gasteiger partial charge in [-0.25, -0.2) is 0 Å². The topological polar surface area (TPSA) is 29.5 Å². The predicted molar refractivity (Wildman–Crippen MR) is 84.5 cm³/mol. The highest BCUT2D eigenvalue weighted by Crippen LogP contribution is 2.37. The van der Waals surface area contributed by atoms with Gasteiger partial charge in [-0.15, -0.1) is 0 Å². The van der Waals surface area contributed by atoms with E-state index < -0.39 is 0 Å². The molecule has 0 unspecified atom stereocenters. The van der Waals surface area contributed by atoms with Gasteiger partial charge in [0.05, 0.1) is 6.61 Å². The average molecular weight is 270 g/mol. The van der Waals surface area contributed by atoms with Crippen molar-refractivity contribution in [3.05, 3.63) is 48.0 Å². The molecule has 2 heteroatoms. The molecular formula is C18H22O2. The number of hydrogen-bond acceptors (Lipinski definition) is 2. The highest BCUT2D eigenvalue weighted by atomic mass is 16.5. The van der Waals surface area contributed by atoms with Crippen LogP contribution in [0.25, 0.3) is 10.8 Å². The SMILES string of the molecule is CC=CCCCCOc1c(C)cc2ccccc2c1O. The molecule has 0 saturated heterocycles. The number of aryl methyl sites for hydroxylation is 1. The van der Waals surface area contributed by atoms with E-state index in [1.165, 1.54) is 0 Å². The van der Waals surface area contributed by atoms with Crippen LogP contribution < -0.4 is 4.74 Å². The summed E-state index contributed by atoms with van der Waals surface area (Å²) in [6.45, 7) is 4.65. The number of benzene rings is 2. The first-order chi connectivity index (χ1) is 9.74. The lowest BCUT2D eigenvalue weighted by Gasteiger charge is -2.13. The molecule has 0 spiro atoms. The van der Waals surface area contributed by atoms with Gasteiger partial charge in [0.25, 0.3) is 0 Å². The normalized spacial score (nSPS) is 11.3. The summed E-state index contributed by atoms with van der Waals surface area (Å²) >= 11 is 0. The highest BCUT2D eigenvalue weighted by Gasteiger charge is 2.10. The van der Waals surface area contributed by atoms with Crippen molar-refractivity contribution in [1.82, 2.24) is 0 Å². The number of fused-ring (bicyclic) bond motifs is 1. The van der Waals surface area contributed by atoms with Crippen LogP contribution in [0.3, 0.4) is 0 Å². The molecule has 0 atom stereocenters. The van der Waals surface area contributed by atoms with Crippen molar-refractivity contribution in [1.29, 1.82) is 0 Å². The average Bonchev–Trinajstić information content (AvgIpc) is 2.45. The van der Waals surface area contributed by atoms with E-state index in [-0.39, 0.29) is 5.75 Å². The first-order valence-corrected chi connectivity index (χ1v) is 7.19. The number of unbranched alkanes of at least 4 members (excludes halogenated alkanes) is 2. The second kappa shape index (κ2) is 6.99. The lowest BCUT2D eigenvalue weighted by molar-refractivity contribution is 0.290. The number of hydrogen-bond donors (Lipinski definition) is 1. The molecule has 0 bridgehead atoms. The van der Waals surface area contributed by atoms with E-state index in [1.54, 1.807) is 0 Å². The third-order valence-corrected chi connectivity index (χ3v) is 3.41. The van der Waals surface area contributed by atoms with Gasteiger partial charge in [-0.1, -0.05) is 36.4 Å². The Morgan fingerprint density at radius 2 is 2.00 bits per heavy atom. The van der Waals surface area contributed by atoms with Crippen LogP contribution in [-0.2, 0) is 0 Å². The minimum absolute atomic E-state index is 0.258. The maximum absolute atomic E-state index is 10.3. The number of phenolic OH excluding ortho intramolecular Hbond substituents is 1. The van der Waals surface area contributed by atoms with Crippen LogP contribution in [0.4, 0.5) is 0 Å². The highest BCUT2D eigenvalue weighted by molar-refractivity contribution is 5.91. The zero-order valence-corrected chi connectivity index (χ0v) is 12.2. The molecule has 20 heavy (non-hydrogen) atoms. The van der Waals surface area contributed by atoms with Crippen LogP contribution >= 0.6 is 0 Å². The molecule has 2 rings (SSSR count). The quantitative estimate of drug-likeness (QED) is 0.592. The van der Waals surface area contributed by atoms with E-state index in [0.29, 0.717) is 12.4 Å². The van der Waals surface area contributed by atoms with Crippen molar-refractivity contribution in [3.63, 3.8) is 0 Å². The minimum Gasteiger partial charge on any atom is -0.504 e. The molecule has 0 aromatic heterocycles. The van der Waals surface area contributed by atoms with Crippen LogP contribution in [0.15, 0.2) is 42.5 Å². The lowest BCUT2D eigenvalue weighted by Crippen LogP contribution is -1.99. The third-order valence-electron chi connectivity index (χ3n) is 3.41. The zero-order chi connectivity index (χ0) is 14.4. The molecule has 2 nitrogen and oxygen atoms in total. The smallest absolute Gasteiger partial charge is 0.165 e. The van der Waals surface area contributed by atoms with E-state index in [0.717, 1.165) is 35.6 Å². The Morgan fingerprint density at radius 3 is 2.80 bits per heavy atom. The van der Waals surface area contributed by atoms with Crippen molar-refractivity contribution < 1.29 is 9.84 Å². The fraction of sp³-hybridized carbons (Fsp3) is 0.333. The minimum atomic E-state index is 0.258. The molecule has 106 valence electrons. The van der Waals surface area contributed by atoms with Gasteiger partial charge in [-0.05, 0) is 50.1 Å². The Bertz CT molecular complexity index is 600. The van der Waals surface area contributed by atoms with Gasteiger partial charge in [0.2, 0.25) is 0 Å². The summed E-state index contributed by atoms with van der Waals surface area (Å²) in [4.78, 5) is 0. The van der Waals surface area contributed by atoms with Crippen LogP contribution in [0.2, 0.25) is 0 Å². The van der Waals surface area contributed by atoms with E-state index in [2.05, 4.69) is 18.2 Å². The van der Waals surface area contributed by atoms with Crippen molar-refractivity contribution in [2.45, 2.75) is 33.1 Å². The van der Waals surface area contributed by atoms with Gasteiger partial charge in [0.1, 0.15) is 0 Å². The molecule has 0 aliphatic heterocycles. The molecule has 0 aliphatic rings. The van der Waals surface area contributed by atoms with Crippen molar-refractivity contribution in [3.8, 4) is 11.5 Å². The summed E-state index contributed by atoms with van der Waals surface area (Å²) in [5, 5.41) is 12.2. The Kier molecular flexibility index (Phi) is 5.05. The molecule has 1 N–H and O–H groups in total. The monoisotopic (exact) mass is 270 g/mol. The Morgan fingerprint density at radius 1 is 1.20 bits per heavy atom. The van der Waals surface area contributed by atoms with Crippen molar-refractivity contribution in [2.24, 2.45) is 0 Å². The lowest BCUT2D eigenvalue weighted by atomic mass is 10.1. The fourth-order valence-electron chi connectivity index (χ4n) is 2.33. The van der Waals surface area contributed by atoms with Crippen LogP contribution in [0.1, 0.15) is 31.7 Å². The number of ether oxygens (including phenoxy) is 1. The number of allylic oxidation sites excluding steroid dienone is 2. The second-order valence-electron chi connectivity index (χ2n) is 5.01. The molecule has 2 aromatic rings. The molecule has 0 heterocycles. The van der Waals surface area contributed by atoms with Gasteiger partial charge in [0.15, 0.2) is 11.5 Å². The van der Waals surface area contributed by atoms with Crippen molar-refractivity contribution in [2.75, 3.05) is 6.61 Å². The molecular weight excluding hydrogens is 248 g/mol. The molecule has 0 radical (unpaired) electrons. The van der Waals surface area contributed by atoms with Crippen LogP contribution in [0.5, 0.6) is 11.5 Å². The fourth-order valence-corrected chi connectivity index (χ4v) is 2.33. The Balaban J connectivity index is 2.06. The van der Waals surface area contributed by atoms with Gasteiger partial charge in [0, 0.05) is 5.39 Å². The summed E-state index contributed by atoms with van der Waals surface area (Å²) in [5.41, 5.74) is 0.981. The Labute approximate surface area is 120 Å². The summed E-state index contributed by atoms with van der Waals surface area (Å²) in [7, 11) is 0. The first kappa shape index (κ1) is 14.4. The second-order valence-corrected chi connectivity index (χ2v) is 5.01. The van der Waals surface area contributed by atoms with E-state index in [1.807, 2.05) is 38.1 Å². The summed E-state index contributed by atoms with van der Waals surface area (Å²) in [5.74, 6) is 0.879. The van der Waals surface area contributed by atoms with Gasteiger partial charge < -0.3 is 9.84 Å². The number of phenols is 1. The zero-order valence-electron chi connectivity index (χ0n) is 12.2. The van der Waals surface area contributed by atoms with Crippen LogP contribution in [0, 0.1) is 6.92 Å². The standard InChI is InChI=1S/C18H22O2/c1-3-4-5-6-9-12-20-18-14(2)13-15-10-7-8-11-16(15)17(18)19/h3-4,7-8,10-11,13,19H,5-6,9,12H2,1-2H3. The Hall–Kier alpha value is -1.96. The summed E-state index contributed by atoms with van der Waals surface area (Å²) < 4.78 is 5.78. The van der Waals surface area contributed by atoms with Gasteiger partial charge in [-0.3, -0.25) is 0 Å². The van der Waals surface area contributed by atoms with E-state index in [9.17, 15) is 5.11 Å². The van der Waals surface area contributed by atoms with E-state index >= 15 is 0 Å². The predicted octanol–water partition coefficient (Wildman–Crippen LogP) is 4.98. The largest absolute Gasteiger partial charge is 0.504 e. The number of aromatic hydroxyl groups is 1. The molecule has 0 aliphatic carbocycles. The number of rotatable bonds is 6. The van der Waals surface area contributed by atoms with Crippen LogP contribution in [-0.4, -0.2) is 11.7 Å². The summed E-state index contributed by atoms with van der Waals surface area (Å²) in [6, 6.07) is 9.89. The molecule has 0 saturated carbocycles. The molecule has 2 aromatic carbocycles. The third kappa shape index (κ3) is 3.32. The molecule has 0 amide bonds. The van der Waals surface area contributed by atoms with Crippen molar-refractivity contribution >= 4 is 10.8 Å². The van der Waals surface area contributed by atoms with Gasteiger partial charge in [-0.2, -0.15) is 0 Å². The maximum Gasteiger partial charge on any atom is 0.165 e. The first-order valence-electron chi connectivity index (χ1n) is 7.19. The summed E-state index contributed by atoms with van der Waals surface area (Å²) in [6.07, 6.45) is 7.43. The maximum atomic E-state index is 10.3. The van der Waals surface area contributed by atoms with Gasteiger partial charge >= 0.3 is 0 Å². The van der Waals surface area contributed by atoms with E-state index in [4.69, 9.17) is 4.74 Å².